The van der Waals surface area contributed by atoms with Crippen LogP contribution in [-0.2, 0) is 9.59 Å². The Bertz CT molecular complexity index is 247. The highest BCUT2D eigenvalue weighted by molar-refractivity contribution is 5.82. The highest BCUT2D eigenvalue weighted by Crippen LogP contribution is 2.38. The number of carboxylic acids is 1. The average molecular weight is 212 g/mol. The zero-order valence-electron chi connectivity index (χ0n) is 9.53. The summed E-state index contributed by atoms with van der Waals surface area (Å²) in [6.07, 6.45) is 4.29. The quantitative estimate of drug-likeness (QED) is 0.761. The lowest BCUT2D eigenvalue weighted by atomic mass is 9.82. The maximum atomic E-state index is 11.4. The third kappa shape index (κ3) is 3.05. The minimum absolute atomic E-state index is 0.0709. The van der Waals surface area contributed by atoms with Crippen molar-refractivity contribution in [2.24, 2.45) is 17.8 Å². The van der Waals surface area contributed by atoms with Gasteiger partial charge >= 0.3 is 5.97 Å². The molecule has 3 atom stereocenters. The maximum absolute atomic E-state index is 11.4. The van der Waals surface area contributed by atoms with Crippen molar-refractivity contribution in [1.82, 2.24) is 0 Å². The van der Waals surface area contributed by atoms with Crippen LogP contribution in [0, 0.1) is 17.8 Å². The zero-order valence-corrected chi connectivity index (χ0v) is 9.53. The Morgan fingerprint density at radius 1 is 1.53 bits per heavy atom. The number of carbonyl (C=O) groups excluding carboxylic acids is 1. The molecule has 0 aromatic heterocycles. The summed E-state index contributed by atoms with van der Waals surface area (Å²) in [5, 5.41) is 8.96. The molecule has 0 saturated heterocycles. The molecule has 1 rings (SSSR count). The summed E-state index contributed by atoms with van der Waals surface area (Å²) in [7, 11) is 0. The molecule has 1 aliphatic rings. The number of hydrogen-bond donors (Lipinski definition) is 1. The Kier molecular flexibility index (Phi) is 4.30. The first-order chi connectivity index (χ1) is 7.06. The molecule has 0 aromatic carbocycles. The molecule has 0 aliphatic heterocycles. The number of aliphatic carboxylic acids is 1. The fraction of sp³-hybridized carbons (Fsp3) is 0.833. The summed E-state index contributed by atoms with van der Waals surface area (Å²) < 4.78 is 0. The van der Waals surface area contributed by atoms with E-state index >= 15 is 0 Å². The van der Waals surface area contributed by atoms with Gasteiger partial charge < -0.3 is 5.11 Å². The largest absolute Gasteiger partial charge is 0.481 e. The molecule has 3 heteroatoms. The van der Waals surface area contributed by atoms with Crippen LogP contribution in [-0.4, -0.2) is 16.9 Å². The molecular formula is C12H20O3. The van der Waals surface area contributed by atoms with Gasteiger partial charge in [0.05, 0.1) is 5.92 Å². The van der Waals surface area contributed by atoms with Crippen LogP contribution >= 0.6 is 0 Å². The van der Waals surface area contributed by atoms with Gasteiger partial charge in [0.15, 0.2) is 0 Å². The predicted octanol–water partition coefficient (Wildman–Crippen LogP) is 2.49. The van der Waals surface area contributed by atoms with Crippen molar-refractivity contribution in [3.63, 3.8) is 0 Å². The maximum Gasteiger partial charge on any atom is 0.306 e. The fourth-order valence-electron chi connectivity index (χ4n) is 2.51. The summed E-state index contributed by atoms with van der Waals surface area (Å²) in [4.78, 5) is 22.3. The molecule has 1 N–H and O–H groups in total. The molecule has 0 radical (unpaired) electrons. The fourth-order valence-corrected chi connectivity index (χ4v) is 2.51. The summed E-state index contributed by atoms with van der Waals surface area (Å²) in [6, 6.07) is 0. The molecular weight excluding hydrogens is 192 g/mol. The van der Waals surface area contributed by atoms with Crippen molar-refractivity contribution < 1.29 is 14.7 Å². The van der Waals surface area contributed by atoms with E-state index in [9.17, 15) is 9.59 Å². The van der Waals surface area contributed by atoms with Crippen LogP contribution in [0.5, 0.6) is 0 Å². The van der Waals surface area contributed by atoms with Crippen LogP contribution in [0.25, 0.3) is 0 Å². The second kappa shape index (κ2) is 5.29. The molecule has 1 unspecified atom stereocenters. The van der Waals surface area contributed by atoms with E-state index < -0.39 is 5.97 Å². The summed E-state index contributed by atoms with van der Waals surface area (Å²) in [5.41, 5.74) is 0. The molecule has 86 valence electrons. The first kappa shape index (κ1) is 12.2. The molecule has 1 aliphatic carbocycles. The molecule has 1 fully saturated rings. The van der Waals surface area contributed by atoms with Crippen molar-refractivity contribution in [1.29, 1.82) is 0 Å². The third-order valence-corrected chi connectivity index (χ3v) is 3.52. The lowest BCUT2D eigenvalue weighted by Gasteiger charge is -2.21. The molecule has 1 saturated carbocycles. The van der Waals surface area contributed by atoms with E-state index in [-0.39, 0.29) is 17.6 Å². The number of unbranched alkanes of at least 4 members (excludes halogenated alkanes) is 1. The average Bonchev–Trinajstić information content (AvgIpc) is 2.55. The normalized spacial score (nSPS) is 28.0. The van der Waals surface area contributed by atoms with Crippen LogP contribution in [0.2, 0.25) is 0 Å². The van der Waals surface area contributed by atoms with E-state index in [0.29, 0.717) is 18.8 Å². The molecule has 15 heavy (non-hydrogen) atoms. The minimum Gasteiger partial charge on any atom is -0.481 e. The number of rotatable bonds is 5. The van der Waals surface area contributed by atoms with Gasteiger partial charge in [-0.2, -0.15) is 0 Å². The SMILES string of the molecule is CCCC[C@@H]1CC(=O)C[C@@H]1C(C)C(=O)O. The number of ketones is 1. The lowest BCUT2D eigenvalue weighted by molar-refractivity contribution is -0.143. The smallest absolute Gasteiger partial charge is 0.306 e. The molecule has 0 heterocycles. The Morgan fingerprint density at radius 2 is 2.20 bits per heavy atom. The minimum atomic E-state index is -0.767. The number of carbonyl (C=O) groups is 2. The monoisotopic (exact) mass is 212 g/mol. The van der Waals surface area contributed by atoms with Gasteiger partial charge in [-0.3, -0.25) is 9.59 Å². The molecule has 0 aromatic rings. The van der Waals surface area contributed by atoms with Crippen molar-refractivity contribution in [2.45, 2.75) is 46.0 Å². The van der Waals surface area contributed by atoms with Gasteiger partial charge in [-0.25, -0.2) is 0 Å². The van der Waals surface area contributed by atoms with Crippen molar-refractivity contribution in [2.75, 3.05) is 0 Å². The van der Waals surface area contributed by atoms with Gasteiger partial charge in [0, 0.05) is 12.8 Å². The molecule has 0 bridgehead atoms. The second-order valence-corrected chi connectivity index (χ2v) is 4.64. The van der Waals surface area contributed by atoms with E-state index in [0.717, 1.165) is 19.3 Å². The Balaban J connectivity index is 2.59. The second-order valence-electron chi connectivity index (χ2n) is 4.64. The van der Waals surface area contributed by atoms with E-state index in [1.54, 1.807) is 6.92 Å². The first-order valence-electron chi connectivity index (χ1n) is 5.80. The van der Waals surface area contributed by atoms with Gasteiger partial charge in [-0.05, 0) is 18.3 Å². The van der Waals surface area contributed by atoms with Gasteiger partial charge in [0.25, 0.3) is 0 Å². The van der Waals surface area contributed by atoms with Crippen LogP contribution < -0.4 is 0 Å². The van der Waals surface area contributed by atoms with Crippen LogP contribution in [0.15, 0.2) is 0 Å². The summed E-state index contributed by atoms with van der Waals surface area (Å²) in [5.74, 6) is -0.520. The van der Waals surface area contributed by atoms with E-state index in [2.05, 4.69) is 6.92 Å². The van der Waals surface area contributed by atoms with Gasteiger partial charge in [0.2, 0.25) is 0 Å². The third-order valence-electron chi connectivity index (χ3n) is 3.52. The highest BCUT2D eigenvalue weighted by Gasteiger charge is 2.38. The summed E-state index contributed by atoms with van der Waals surface area (Å²) >= 11 is 0. The van der Waals surface area contributed by atoms with E-state index in [1.165, 1.54) is 0 Å². The highest BCUT2D eigenvalue weighted by atomic mass is 16.4. The molecule has 0 spiro atoms. The topological polar surface area (TPSA) is 54.4 Å². The zero-order chi connectivity index (χ0) is 11.4. The van der Waals surface area contributed by atoms with Crippen LogP contribution in [0.3, 0.4) is 0 Å². The Labute approximate surface area is 90.9 Å². The standard InChI is InChI=1S/C12H20O3/c1-3-4-5-9-6-10(13)7-11(9)8(2)12(14)15/h8-9,11H,3-7H2,1-2H3,(H,14,15)/t8?,9-,11-/m1/s1. The number of carboxylic acid groups (broad SMARTS) is 1. The van der Waals surface area contributed by atoms with Crippen LogP contribution in [0.1, 0.15) is 46.0 Å². The Morgan fingerprint density at radius 3 is 2.73 bits per heavy atom. The summed E-state index contributed by atoms with van der Waals surface area (Å²) in [6.45, 7) is 3.84. The number of hydrogen-bond acceptors (Lipinski definition) is 2. The van der Waals surface area contributed by atoms with E-state index in [4.69, 9.17) is 5.11 Å². The van der Waals surface area contributed by atoms with Crippen molar-refractivity contribution in [3.05, 3.63) is 0 Å². The first-order valence-corrected chi connectivity index (χ1v) is 5.80. The predicted molar refractivity (Wildman–Crippen MR) is 57.5 cm³/mol. The van der Waals surface area contributed by atoms with Crippen molar-refractivity contribution >= 4 is 11.8 Å². The van der Waals surface area contributed by atoms with Gasteiger partial charge in [-0.15, -0.1) is 0 Å². The van der Waals surface area contributed by atoms with Gasteiger partial charge in [-0.1, -0.05) is 26.7 Å². The number of Topliss-reactive ketones (excluding diaryl/α,β-unsaturated/α-hetero) is 1. The van der Waals surface area contributed by atoms with Gasteiger partial charge in [0.1, 0.15) is 5.78 Å². The van der Waals surface area contributed by atoms with Crippen molar-refractivity contribution in [3.8, 4) is 0 Å². The van der Waals surface area contributed by atoms with Crippen LogP contribution in [0.4, 0.5) is 0 Å². The van der Waals surface area contributed by atoms with E-state index in [1.807, 2.05) is 0 Å². The Hall–Kier alpha value is -0.860. The lowest BCUT2D eigenvalue weighted by Crippen LogP contribution is -2.23. The molecule has 3 nitrogen and oxygen atoms in total. The molecule has 0 amide bonds.